The van der Waals surface area contributed by atoms with Crippen molar-refractivity contribution in [1.82, 2.24) is 4.98 Å². The molecule has 1 N–H and O–H groups in total. The third-order valence-corrected chi connectivity index (χ3v) is 2.05. The molecule has 1 aromatic rings. The second-order valence-electron chi connectivity index (χ2n) is 2.62. The molecule has 1 heterocycles. The molecule has 0 spiro atoms. The van der Waals surface area contributed by atoms with E-state index in [-0.39, 0.29) is 0 Å². The maximum atomic E-state index is 10.3. The lowest BCUT2D eigenvalue weighted by Gasteiger charge is -2.12. The molecule has 0 saturated carbocycles. The van der Waals surface area contributed by atoms with E-state index in [1.165, 1.54) is 18.3 Å². The fourth-order valence-electron chi connectivity index (χ4n) is 0.724. The molecule has 0 fully saturated rings. The van der Waals surface area contributed by atoms with Gasteiger partial charge >= 0.3 is 0 Å². The molecular formula is C7H9NO2S. The molecule has 0 amide bonds. The highest BCUT2D eigenvalue weighted by Gasteiger charge is 2.19. The van der Waals surface area contributed by atoms with Gasteiger partial charge in [-0.1, -0.05) is 0 Å². The van der Waals surface area contributed by atoms with Gasteiger partial charge in [-0.05, 0) is 6.92 Å². The zero-order chi connectivity index (χ0) is 8.32. The van der Waals surface area contributed by atoms with Crippen LogP contribution in [-0.4, -0.2) is 22.0 Å². The molecule has 0 aliphatic carbocycles. The van der Waals surface area contributed by atoms with Crippen molar-refractivity contribution in [2.75, 3.05) is 0 Å². The predicted molar refractivity (Wildman–Crippen MR) is 42.5 cm³/mol. The normalized spacial score (nSPS) is 15.8. The van der Waals surface area contributed by atoms with Gasteiger partial charge in [0.25, 0.3) is 0 Å². The number of carbonyl (C=O) groups excluding carboxylic acids is 1. The molecule has 1 atom stereocenters. The number of carbonyl (C=O) groups is 1. The average Bonchev–Trinajstić information content (AvgIpc) is 2.39. The molecule has 0 aliphatic heterocycles. The topological polar surface area (TPSA) is 50.2 Å². The summed E-state index contributed by atoms with van der Waals surface area (Å²) in [4.78, 5) is 15.0. The molecule has 0 saturated heterocycles. The van der Waals surface area contributed by atoms with Gasteiger partial charge in [-0.15, -0.1) is 11.3 Å². The summed E-state index contributed by atoms with van der Waals surface area (Å²) in [5.74, 6) is 0. The number of hydrogen-bond acceptors (Lipinski definition) is 4. The molecule has 0 aromatic carbocycles. The lowest BCUT2D eigenvalue weighted by Crippen LogP contribution is -2.28. The summed E-state index contributed by atoms with van der Waals surface area (Å²) in [5.41, 5.74) is 0.433. The molecule has 0 aliphatic rings. The Kier molecular flexibility index (Phi) is 2.36. The number of hydrogen-bond donors (Lipinski definition) is 1. The Morgan fingerprint density at radius 3 is 3.09 bits per heavy atom. The van der Waals surface area contributed by atoms with Crippen molar-refractivity contribution < 1.29 is 9.90 Å². The summed E-state index contributed by atoms with van der Waals surface area (Å²) in [6.07, 6.45) is 2.55. The maximum Gasteiger partial charge on any atom is 0.151 e. The van der Waals surface area contributed by atoms with Crippen molar-refractivity contribution in [2.45, 2.75) is 18.9 Å². The predicted octanol–water partition coefficient (Wildman–Crippen LogP) is 0.635. The monoisotopic (exact) mass is 171 g/mol. The highest BCUT2D eigenvalue weighted by molar-refractivity contribution is 7.09. The zero-order valence-corrected chi connectivity index (χ0v) is 6.97. The first-order valence-corrected chi connectivity index (χ1v) is 4.08. The number of thiazole rings is 1. The Hall–Kier alpha value is -0.740. The summed E-state index contributed by atoms with van der Waals surface area (Å²) in [5, 5.41) is 9.31. The lowest BCUT2D eigenvalue weighted by atomic mass is 10.0. The van der Waals surface area contributed by atoms with E-state index in [1.807, 2.05) is 0 Å². The van der Waals surface area contributed by atoms with E-state index in [4.69, 9.17) is 0 Å². The van der Waals surface area contributed by atoms with Gasteiger partial charge in [0.05, 0.1) is 5.51 Å². The molecule has 4 heteroatoms. The molecule has 0 radical (unpaired) electrons. The highest BCUT2D eigenvalue weighted by atomic mass is 32.1. The van der Waals surface area contributed by atoms with Crippen molar-refractivity contribution >= 4 is 17.6 Å². The molecule has 1 unspecified atom stereocenters. The largest absolute Gasteiger partial charge is 0.382 e. The Morgan fingerprint density at radius 2 is 2.64 bits per heavy atom. The third-order valence-electron chi connectivity index (χ3n) is 1.27. The van der Waals surface area contributed by atoms with E-state index in [2.05, 4.69) is 4.98 Å². The number of aldehydes is 1. The van der Waals surface area contributed by atoms with Crippen molar-refractivity contribution in [3.8, 4) is 0 Å². The van der Waals surface area contributed by atoms with Crippen LogP contribution in [0.15, 0.2) is 11.7 Å². The lowest BCUT2D eigenvalue weighted by molar-refractivity contribution is -0.122. The van der Waals surface area contributed by atoms with Gasteiger partial charge in [0.2, 0.25) is 0 Å². The van der Waals surface area contributed by atoms with Gasteiger partial charge in [-0.2, -0.15) is 0 Å². The molecule has 3 nitrogen and oxygen atoms in total. The molecule has 1 aromatic heterocycles. The van der Waals surface area contributed by atoms with Crippen LogP contribution >= 0.6 is 11.3 Å². The Labute approximate surface area is 68.7 Å². The van der Waals surface area contributed by atoms with Crippen LogP contribution in [0, 0.1) is 0 Å². The van der Waals surface area contributed by atoms with Gasteiger partial charge in [0, 0.05) is 17.5 Å². The third kappa shape index (κ3) is 2.40. The molecule has 11 heavy (non-hydrogen) atoms. The Morgan fingerprint density at radius 1 is 1.91 bits per heavy atom. The van der Waals surface area contributed by atoms with Gasteiger partial charge in [0.1, 0.15) is 5.60 Å². The summed E-state index contributed by atoms with van der Waals surface area (Å²) < 4.78 is 0. The maximum absolute atomic E-state index is 10.3. The smallest absolute Gasteiger partial charge is 0.151 e. The van der Waals surface area contributed by atoms with E-state index < -0.39 is 5.60 Å². The van der Waals surface area contributed by atoms with Crippen molar-refractivity contribution in [2.24, 2.45) is 0 Å². The number of aliphatic hydroxyl groups is 1. The summed E-state index contributed by atoms with van der Waals surface area (Å²) in [6.45, 7) is 1.49. The van der Waals surface area contributed by atoms with Crippen LogP contribution in [0.2, 0.25) is 0 Å². The van der Waals surface area contributed by atoms with Gasteiger partial charge in [0.15, 0.2) is 6.29 Å². The minimum absolute atomic E-state index is 0.348. The molecule has 60 valence electrons. The van der Waals surface area contributed by atoms with E-state index in [0.29, 0.717) is 12.7 Å². The van der Waals surface area contributed by atoms with E-state index in [0.717, 1.165) is 4.88 Å². The van der Waals surface area contributed by atoms with Gasteiger partial charge in [-0.25, -0.2) is 0 Å². The minimum Gasteiger partial charge on any atom is -0.382 e. The number of nitrogens with zero attached hydrogens (tertiary/aromatic N) is 1. The highest BCUT2D eigenvalue weighted by Crippen LogP contribution is 2.13. The van der Waals surface area contributed by atoms with Crippen LogP contribution in [0.5, 0.6) is 0 Å². The first-order chi connectivity index (χ1) is 5.14. The standard InChI is InChI=1S/C7H9NO2S/c1-7(10,4-9)2-6-3-8-5-11-6/h3-5,10H,2H2,1H3. The number of aromatic nitrogens is 1. The summed E-state index contributed by atoms with van der Waals surface area (Å²) >= 11 is 1.44. The minimum atomic E-state index is -1.24. The molecular weight excluding hydrogens is 162 g/mol. The van der Waals surface area contributed by atoms with E-state index in [1.54, 1.807) is 11.7 Å². The second kappa shape index (κ2) is 3.11. The number of rotatable bonds is 3. The van der Waals surface area contributed by atoms with Crippen molar-refractivity contribution in [3.63, 3.8) is 0 Å². The SMILES string of the molecule is CC(O)(C=O)Cc1cncs1. The van der Waals surface area contributed by atoms with Crippen molar-refractivity contribution in [3.05, 3.63) is 16.6 Å². The van der Waals surface area contributed by atoms with Gasteiger partial charge < -0.3 is 9.90 Å². The van der Waals surface area contributed by atoms with E-state index >= 15 is 0 Å². The van der Waals surface area contributed by atoms with Crippen LogP contribution in [0.3, 0.4) is 0 Å². The molecule has 0 bridgehead atoms. The first kappa shape index (κ1) is 8.36. The van der Waals surface area contributed by atoms with Crippen molar-refractivity contribution in [1.29, 1.82) is 0 Å². The van der Waals surface area contributed by atoms with Crippen LogP contribution in [0.1, 0.15) is 11.8 Å². The van der Waals surface area contributed by atoms with Crippen LogP contribution < -0.4 is 0 Å². The second-order valence-corrected chi connectivity index (χ2v) is 3.59. The fourth-order valence-corrected chi connectivity index (χ4v) is 1.48. The summed E-state index contributed by atoms with van der Waals surface area (Å²) in [7, 11) is 0. The first-order valence-electron chi connectivity index (χ1n) is 3.20. The average molecular weight is 171 g/mol. The fraction of sp³-hybridized carbons (Fsp3) is 0.429. The van der Waals surface area contributed by atoms with Crippen LogP contribution in [0.25, 0.3) is 0 Å². The quantitative estimate of drug-likeness (QED) is 0.679. The van der Waals surface area contributed by atoms with Gasteiger partial charge in [-0.3, -0.25) is 4.98 Å². The summed E-state index contributed by atoms with van der Waals surface area (Å²) in [6, 6.07) is 0. The zero-order valence-electron chi connectivity index (χ0n) is 6.15. The Bertz CT molecular complexity index is 231. The Balaban J connectivity index is 2.63. The molecule has 1 rings (SSSR count). The van der Waals surface area contributed by atoms with E-state index in [9.17, 15) is 9.90 Å². The van der Waals surface area contributed by atoms with Crippen LogP contribution in [-0.2, 0) is 11.2 Å². The van der Waals surface area contributed by atoms with Crippen LogP contribution in [0.4, 0.5) is 0 Å².